The third-order valence-electron chi connectivity index (χ3n) is 3.94. The fraction of sp³-hybridized carbons (Fsp3) is 0.786. The van der Waals surface area contributed by atoms with Crippen LogP contribution >= 0.6 is 0 Å². The summed E-state index contributed by atoms with van der Waals surface area (Å²) in [5.41, 5.74) is 6.63. The van der Waals surface area contributed by atoms with Crippen LogP contribution in [0, 0.1) is 5.92 Å². The van der Waals surface area contributed by atoms with Gasteiger partial charge in [-0.3, -0.25) is 0 Å². The molecule has 2 N–H and O–H groups in total. The number of rotatable bonds is 5. The molecule has 18 heavy (non-hydrogen) atoms. The maximum Gasteiger partial charge on any atom is 0.194 e. The zero-order valence-corrected chi connectivity index (χ0v) is 11.7. The summed E-state index contributed by atoms with van der Waals surface area (Å²) < 4.78 is 5.56. The van der Waals surface area contributed by atoms with E-state index in [4.69, 9.17) is 10.2 Å². The molecule has 0 amide bonds. The Morgan fingerprint density at radius 3 is 2.89 bits per heavy atom. The van der Waals surface area contributed by atoms with Gasteiger partial charge >= 0.3 is 0 Å². The largest absolute Gasteiger partial charge is 0.449 e. The lowest BCUT2D eigenvalue weighted by Crippen LogP contribution is -2.28. The van der Waals surface area contributed by atoms with Crippen molar-refractivity contribution in [3.05, 3.63) is 17.8 Å². The first-order chi connectivity index (χ1) is 8.60. The van der Waals surface area contributed by atoms with Crippen LogP contribution in [-0.4, -0.2) is 35.6 Å². The topological polar surface area (TPSA) is 55.3 Å². The van der Waals surface area contributed by atoms with Crippen LogP contribution in [0.3, 0.4) is 0 Å². The number of aromatic nitrogens is 1. The smallest absolute Gasteiger partial charge is 0.194 e. The van der Waals surface area contributed by atoms with E-state index >= 15 is 0 Å². The number of likely N-dealkylation sites (tertiary alicyclic amines) is 1. The van der Waals surface area contributed by atoms with E-state index in [0.717, 1.165) is 18.0 Å². The van der Waals surface area contributed by atoms with Crippen molar-refractivity contribution >= 4 is 0 Å². The van der Waals surface area contributed by atoms with Crippen molar-refractivity contribution in [1.82, 2.24) is 9.88 Å². The highest BCUT2D eigenvalue weighted by Crippen LogP contribution is 2.23. The molecule has 0 saturated carbocycles. The van der Waals surface area contributed by atoms with Gasteiger partial charge in [0.15, 0.2) is 5.89 Å². The molecule has 0 aromatic carbocycles. The van der Waals surface area contributed by atoms with Gasteiger partial charge in [-0.25, -0.2) is 4.98 Å². The number of nitrogens with two attached hydrogens (primary N) is 1. The quantitative estimate of drug-likeness (QED) is 0.869. The summed E-state index contributed by atoms with van der Waals surface area (Å²) in [6.45, 7) is 9.59. The summed E-state index contributed by atoms with van der Waals surface area (Å²) in [6, 6.07) is 0.646. The summed E-state index contributed by atoms with van der Waals surface area (Å²) in [7, 11) is 0. The number of hydrogen-bond donors (Lipinski definition) is 1. The molecule has 2 heterocycles. The van der Waals surface area contributed by atoms with Crippen molar-refractivity contribution in [2.75, 3.05) is 19.6 Å². The average Bonchev–Trinajstić information content (AvgIpc) is 2.98. The fourth-order valence-electron chi connectivity index (χ4n) is 2.51. The second-order valence-corrected chi connectivity index (χ2v) is 5.75. The first-order valence-electron chi connectivity index (χ1n) is 6.98. The van der Waals surface area contributed by atoms with Crippen molar-refractivity contribution < 1.29 is 4.42 Å². The standard InChI is InChI=1S/C14H25N3O/c1-10(2)17-5-4-12(8-17)6-14-16-13(9-18-14)11(3)7-15/h9-12H,4-8,15H2,1-3H3. The summed E-state index contributed by atoms with van der Waals surface area (Å²) in [5, 5.41) is 0. The molecule has 0 radical (unpaired) electrons. The molecular formula is C14H25N3O. The van der Waals surface area contributed by atoms with Crippen molar-refractivity contribution in [2.45, 2.75) is 45.6 Å². The lowest BCUT2D eigenvalue weighted by Gasteiger charge is -2.19. The zero-order chi connectivity index (χ0) is 13.1. The minimum atomic E-state index is 0.290. The van der Waals surface area contributed by atoms with E-state index in [0.29, 0.717) is 24.4 Å². The molecule has 0 aliphatic carbocycles. The first kappa shape index (κ1) is 13.6. The maximum absolute atomic E-state index is 5.64. The first-order valence-corrected chi connectivity index (χ1v) is 6.98. The Morgan fingerprint density at radius 1 is 1.50 bits per heavy atom. The predicted octanol–water partition coefficient (Wildman–Crippen LogP) is 2.01. The van der Waals surface area contributed by atoms with E-state index in [1.54, 1.807) is 6.26 Å². The van der Waals surface area contributed by atoms with Crippen molar-refractivity contribution in [2.24, 2.45) is 11.7 Å². The van der Waals surface area contributed by atoms with E-state index in [1.165, 1.54) is 19.5 Å². The van der Waals surface area contributed by atoms with Crippen LogP contribution in [0.25, 0.3) is 0 Å². The molecule has 0 bridgehead atoms. The van der Waals surface area contributed by atoms with Gasteiger partial charge in [-0.15, -0.1) is 0 Å². The third kappa shape index (κ3) is 3.12. The van der Waals surface area contributed by atoms with Gasteiger partial charge in [-0.05, 0) is 32.7 Å². The van der Waals surface area contributed by atoms with Crippen LogP contribution in [0.4, 0.5) is 0 Å². The monoisotopic (exact) mass is 251 g/mol. The van der Waals surface area contributed by atoms with Crippen LogP contribution < -0.4 is 5.73 Å². The molecule has 1 aliphatic rings. The van der Waals surface area contributed by atoms with Gasteiger partial charge in [-0.2, -0.15) is 0 Å². The Hall–Kier alpha value is -0.870. The summed E-state index contributed by atoms with van der Waals surface area (Å²) in [6.07, 6.45) is 3.98. The lowest BCUT2D eigenvalue weighted by molar-refractivity contribution is 0.262. The molecule has 1 aromatic heterocycles. The van der Waals surface area contributed by atoms with Gasteiger partial charge in [0.1, 0.15) is 6.26 Å². The minimum absolute atomic E-state index is 0.290. The highest BCUT2D eigenvalue weighted by molar-refractivity contribution is 5.04. The van der Waals surface area contributed by atoms with Crippen LogP contribution in [0.2, 0.25) is 0 Å². The Kier molecular flexibility index (Phi) is 4.40. The summed E-state index contributed by atoms with van der Waals surface area (Å²) in [4.78, 5) is 7.07. The molecule has 0 spiro atoms. The summed E-state index contributed by atoms with van der Waals surface area (Å²) >= 11 is 0. The van der Waals surface area contributed by atoms with E-state index in [9.17, 15) is 0 Å². The van der Waals surface area contributed by atoms with Crippen LogP contribution in [-0.2, 0) is 6.42 Å². The molecule has 4 nitrogen and oxygen atoms in total. The second-order valence-electron chi connectivity index (χ2n) is 5.75. The van der Waals surface area contributed by atoms with Crippen LogP contribution in [0.15, 0.2) is 10.7 Å². The third-order valence-corrected chi connectivity index (χ3v) is 3.94. The Bertz CT molecular complexity index is 375. The fourth-order valence-corrected chi connectivity index (χ4v) is 2.51. The molecular weight excluding hydrogens is 226 g/mol. The van der Waals surface area contributed by atoms with Gasteiger partial charge in [0.2, 0.25) is 0 Å². The summed E-state index contributed by atoms with van der Waals surface area (Å²) in [5.74, 6) is 1.85. The molecule has 2 unspecified atom stereocenters. The molecule has 2 rings (SSSR count). The van der Waals surface area contributed by atoms with Crippen molar-refractivity contribution in [1.29, 1.82) is 0 Å². The van der Waals surface area contributed by atoms with Crippen molar-refractivity contribution in [3.8, 4) is 0 Å². The highest BCUT2D eigenvalue weighted by Gasteiger charge is 2.25. The molecule has 1 aliphatic heterocycles. The normalized spacial score (nSPS) is 22.8. The molecule has 1 aromatic rings. The maximum atomic E-state index is 5.64. The van der Waals surface area contributed by atoms with E-state index in [1.807, 2.05) is 0 Å². The molecule has 4 heteroatoms. The number of nitrogens with zero attached hydrogens (tertiary/aromatic N) is 2. The molecule has 1 fully saturated rings. The van der Waals surface area contributed by atoms with Gasteiger partial charge in [0.05, 0.1) is 5.69 Å². The molecule has 2 atom stereocenters. The van der Waals surface area contributed by atoms with Gasteiger partial charge in [-0.1, -0.05) is 6.92 Å². The SMILES string of the molecule is CC(CN)c1coc(CC2CCN(C(C)C)C2)n1. The zero-order valence-electron chi connectivity index (χ0n) is 11.7. The van der Waals surface area contributed by atoms with Crippen LogP contribution in [0.5, 0.6) is 0 Å². The minimum Gasteiger partial charge on any atom is -0.449 e. The molecule has 1 saturated heterocycles. The number of hydrogen-bond acceptors (Lipinski definition) is 4. The van der Waals surface area contributed by atoms with Gasteiger partial charge in [0, 0.05) is 31.5 Å². The van der Waals surface area contributed by atoms with Gasteiger partial charge < -0.3 is 15.1 Å². The van der Waals surface area contributed by atoms with Crippen molar-refractivity contribution in [3.63, 3.8) is 0 Å². The van der Waals surface area contributed by atoms with E-state index in [-0.39, 0.29) is 0 Å². The second kappa shape index (κ2) is 5.85. The Morgan fingerprint density at radius 2 is 2.28 bits per heavy atom. The van der Waals surface area contributed by atoms with E-state index in [2.05, 4.69) is 30.7 Å². The van der Waals surface area contributed by atoms with Gasteiger partial charge in [0.25, 0.3) is 0 Å². The molecule has 102 valence electrons. The Balaban J connectivity index is 1.89. The van der Waals surface area contributed by atoms with Crippen LogP contribution in [0.1, 0.15) is 44.7 Å². The Labute approximate surface area is 110 Å². The predicted molar refractivity (Wildman–Crippen MR) is 72.5 cm³/mol. The van der Waals surface area contributed by atoms with E-state index < -0.39 is 0 Å². The average molecular weight is 251 g/mol. The lowest BCUT2D eigenvalue weighted by atomic mass is 10.1. The number of oxazole rings is 1. The highest BCUT2D eigenvalue weighted by atomic mass is 16.3.